The Kier molecular flexibility index (Phi) is 3.99. The van der Waals surface area contributed by atoms with E-state index in [9.17, 15) is 9.90 Å². The van der Waals surface area contributed by atoms with Crippen LogP contribution in [0.25, 0.3) is 0 Å². The highest BCUT2D eigenvalue weighted by molar-refractivity contribution is 14.1. The molecule has 1 heterocycles. The molecule has 2 aromatic rings. The van der Waals surface area contributed by atoms with Crippen LogP contribution in [0.3, 0.4) is 0 Å². The Morgan fingerprint density at radius 3 is 2.71 bits per heavy atom. The molecule has 1 unspecified atom stereocenters. The van der Waals surface area contributed by atoms with Crippen LogP contribution in [0.1, 0.15) is 29.2 Å². The summed E-state index contributed by atoms with van der Waals surface area (Å²) in [7, 11) is 1.80. The molecule has 1 atom stereocenters. The maximum Gasteiger partial charge on any atom is 0.227 e. The molecule has 108 valence electrons. The van der Waals surface area contributed by atoms with Gasteiger partial charge >= 0.3 is 0 Å². The number of anilines is 1. The van der Waals surface area contributed by atoms with Gasteiger partial charge < -0.3 is 10.0 Å². The Morgan fingerprint density at radius 2 is 1.95 bits per heavy atom. The van der Waals surface area contributed by atoms with Crippen molar-refractivity contribution in [2.45, 2.75) is 18.9 Å². The summed E-state index contributed by atoms with van der Waals surface area (Å²) < 4.78 is 1.05. The fraction of sp³-hybridized carbons (Fsp3) is 0.235. The van der Waals surface area contributed by atoms with Crippen molar-refractivity contribution in [1.82, 2.24) is 0 Å². The third-order valence-electron chi connectivity index (χ3n) is 3.96. The normalized spacial score (nSPS) is 15.8. The van der Waals surface area contributed by atoms with E-state index in [1.807, 2.05) is 42.5 Å². The van der Waals surface area contributed by atoms with E-state index < -0.39 is 6.10 Å². The molecule has 0 aromatic heterocycles. The second kappa shape index (κ2) is 5.77. The molecule has 0 fully saturated rings. The van der Waals surface area contributed by atoms with Crippen LogP contribution in [-0.4, -0.2) is 18.1 Å². The third kappa shape index (κ3) is 2.70. The molecule has 4 heteroatoms. The second-order valence-electron chi connectivity index (χ2n) is 5.26. The van der Waals surface area contributed by atoms with Crippen LogP contribution in [0.5, 0.6) is 0 Å². The first-order chi connectivity index (χ1) is 10.1. The zero-order valence-electron chi connectivity index (χ0n) is 11.7. The number of carbonyl (C=O) groups excluding carboxylic acids is 1. The highest BCUT2D eigenvalue weighted by Gasteiger charge is 2.22. The topological polar surface area (TPSA) is 40.5 Å². The summed E-state index contributed by atoms with van der Waals surface area (Å²) in [6, 6.07) is 13.7. The van der Waals surface area contributed by atoms with Crippen LogP contribution in [-0.2, 0) is 11.2 Å². The van der Waals surface area contributed by atoms with Crippen molar-refractivity contribution < 1.29 is 9.90 Å². The van der Waals surface area contributed by atoms with E-state index >= 15 is 0 Å². The minimum absolute atomic E-state index is 0.147. The summed E-state index contributed by atoms with van der Waals surface area (Å²) in [6.07, 6.45) is 0.642. The summed E-state index contributed by atoms with van der Waals surface area (Å²) in [5.41, 5.74) is 3.86. The fourth-order valence-electron chi connectivity index (χ4n) is 2.72. The first-order valence-corrected chi connectivity index (χ1v) is 7.97. The number of amides is 1. The van der Waals surface area contributed by atoms with Gasteiger partial charge in [-0.15, -0.1) is 0 Å². The van der Waals surface area contributed by atoms with Crippen LogP contribution in [0.2, 0.25) is 0 Å². The van der Waals surface area contributed by atoms with Crippen LogP contribution in [0.4, 0.5) is 5.69 Å². The maximum atomic E-state index is 11.7. The predicted octanol–water partition coefficient (Wildman–Crippen LogP) is 3.28. The fourth-order valence-corrected chi connectivity index (χ4v) is 3.41. The van der Waals surface area contributed by atoms with Crippen molar-refractivity contribution in [1.29, 1.82) is 0 Å². The van der Waals surface area contributed by atoms with Gasteiger partial charge in [0.1, 0.15) is 6.10 Å². The summed E-state index contributed by atoms with van der Waals surface area (Å²) in [5, 5.41) is 10.6. The van der Waals surface area contributed by atoms with E-state index in [0.717, 1.165) is 32.4 Å². The van der Waals surface area contributed by atoms with E-state index in [0.29, 0.717) is 6.42 Å². The van der Waals surface area contributed by atoms with E-state index in [1.54, 1.807) is 11.9 Å². The van der Waals surface area contributed by atoms with Gasteiger partial charge in [0.15, 0.2) is 0 Å². The molecule has 0 bridgehead atoms. The molecule has 2 aromatic carbocycles. The zero-order valence-corrected chi connectivity index (χ0v) is 13.9. The molecule has 0 radical (unpaired) electrons. The van der Waals surface area contributed by atoms with Crippen molar-refractivity contribution in [3.63, 3.8) is 0 Å². The first kappa shape index (κ1) is 14.5. The number of hydrogen-bond donors (Lipinski definition) is 1. The number of halogens is 1. The Bertz CT molecular complexity index is 699. The van der Waals surface area contributed by atoms with E-state index in [1.165, 1.54) is 0 Å². The van der Waals surface area contributed by atoms with Gasteiger partial charge in [-0.25, -0.2) is 0 Å². The third-order valence-corrected chi connectivity index (χ3v) is 4.95. The summed E-state index contributed by atoms with van der Waals surface area (Å²) >= 11 is 2.24. The lowest BCUT2D eigenvalue weighted by atomic mass is 9.95. The number of hydrogen-bond acceptors (Lipinski definition) is 2. The summed E-state index contributed by atoms with van der Waals surface area (Å²) in [4.78, 5) is 13.4. The number of aliphatic hydroxyl groups excluding tert-OH is 1. The number of carbonyl (C=O) groups is 1. The molecule has 1 aliphatic rings. The minimum atomic E-state index is -0.633. The quantitative estimate of drug-likeness (QED) is 0.796. The van der Waals surface area contributed by atoms with Gasteiger partial charge in [0.05, 0.1) is 0 Å². The predicted molar refractivity (Wildman–Crippen MR) is 91.4 cm³/mol. The summed E-state index contributed by atoms with van der Waals surface area (Å²) in [5.74, 6) is 0.147. The van der Waals surface area contributed by atoms with Crippen molar-refractivity contribution in [3.8, 4) is 0 Å². The minimum Gasteiger partial charge on any atom is -0.384 e. The number of aliphatic hydroxyl groups is 1. The lowest BCUT2D eigenvalue weighted by molar-refractivity contribution is -0.118. The first-order valence-electron chi connectivity index (χ1n) is 6.90. The molecule has 0 saturated heterocycles. The largest absolute Gasteiger partial charge is 0.384 e. The SMILES string of the molecule is CN1C(=O)CCc2cc(C(O)c3ccccc3I)ccc21. The molecule has 1 aliphatic heterocycles. The van der Waals surface area contributed by atoms with Gasteiger partial charge in [-0.2, -0.15) is 0 Å². The molecule has 0 saturated carbocycles. The van der Waals surface area contributed by atoms with Gasteiger partial charge in [0.25, 0.3) is 0 Å². The van der Waals surface area contributed by atoms with E-state index in [2.05, 4.69) is 22.6 Å². The van der Waals surface area contributed by atoms with Crippen LogP contribution in [0, 0.1) is 3.57 Å². The average Bonchev–Trinajstić information content (AvgIpc) is 2.50. The van der Waals surface area contributed by atoms with Gasteiger partial charge in [0.2, 0.25) is 5.91 Å². The Labute approximate surface area is 137 Å². The van der Waals surface area contributed by atoms with Gasteiger partial charge in [0, 0.05) is 22.7 Å². The van der Waals surface area contributed by atoms with E-state index in [-0.39, 0.29) is 5.91 Å². The van der Waals surface area contributed by atoms with Gasteiger partial charge in [-0.05, 0) is 57.8 Å². The molecular weight excluding hydrogens is 377 g/mol. The molecule has 1 amide bonds. The van der Waals surface area contributed by atoms with Crippen molar-refractivity contribution in [3.05, 3.63) is 62.7 Å². The van der Waals surface area contributed by atoms with Crippen LogP contribution in [0.15, 0.2) is 42.5 Å². The monoisotopic (exact) mass is 393 g/mol. The molecule has 21 heavy (non-hydrogen) atoms. The van der Waals surface area contributed by atoms with E-state index in [4.69, 9.17) is 0 Å². The van der Waals surface area contributed by atoms with Crippen LogP contribution < -0.4 is 4.90 Å². The maximum absolute atomic E-state index is 11.7. The van der Waals surface area contributed by atoms with Gasteiger partial charge in [-0.1, -0.05) is 30.3 Å². The number of fused-ring (bicyclic) bond motifs is 1. The average molecular weight is 393 g/mol. The molecule has 1 N–H and O–H groups in total. The lowest BCUT2D eigenvalue weighted by Gasteiger charge is -2.26. The highest BCUT2D eigenvalue weighted by Crippen LogP contribution is 2.32. The number of benzene rings is 2. The summed E-state index contributed by atoms with van der Waals surface area (Å²) in [6.45, 7) is 0. The number of rotatable bonds is 2. The molecule has 0 spiro atoms. The lowest BCUT2D eigenvalue weighted by Crippen LogP contribution is -2.31. The van der Waals surface area contributed by atoms with Gasteiger partial charge in [-0.3, -0.25) is 4.79 Å². The van der Waals surface area contributed by atoms with Crippen molar-refractivity contribution in [2.75, 3.05) is 11.9 Å². The number of nitrogens with zero attached hydrogens (tertiary/aromatic N) is 1. The Morgan fingerprint density at radius 1 is 1.19 bits per heavy atom. The standard InChI is InChI=1S/C17H16INO2/c1-19-15-8-6-12(10-11(15)7-9-16(19)20)17(21)13-4-2-3-5-14(13)18/h2-6,8,10,17,21H,7,9H2,1H3. The molecule has 3 rings (SSSR count). The smallest absolute Gasteiger partial charge is 0.227 e. The zero-order chi connectivity index (χ0) is 15.0. The number of aryl methyl sites for hydroxylation is 1. The molecular formula is C17H16INO2. The molecule has 0 aliphatic carbocycles. The second-order valence-corrected chi connectivity index (χ2v) is 6.43. The van der Waals surface area contributed by atoms with Crippen LogP contribution >= 0.6 is 22.6 Å². The Balaban J connectivity index is 1.98. The molecule has 3 nitrogen and oxygen atoms in total. The highest BCUT2D eigenvalue weighted by atomic mass is 127. The van der Waals surface area contributed by atoms with Crippen molar-refractivity contribution >= 4 is 34.2 Å². The van der Waals surface area contributed by atoms with Crippen molar-refractivity contribution in [2.24, 2.45) is 0 Å². The Hall–Kier alpha value is -1.40.